The zero-order valence-electron chi connectivity index (χ0n) is 16.4. The van der Waals surface area contributed by atoms with Crippen LogP contribution in [0.2, 0.25) is 0 Å². The monoisotopic (exact) mass is 383 g/mol. The first-order valence-electron chi connectivity index (χ1n) is 9.35. The second kappa shape index (κ2) is 9.05. The predicted octanol–water partition coefficient (Wildman–Crippen LogP) is 1.46. The van der Waals surface area contributed by atoms with Crippen LogP contribution >= 0.6 is 0 Å². The van der Waals surface area contributed by atoms with Crippen LogP contribution in [-0.4, -0.2) is 66.5 Å². The third-order valence-corrected chi connectivity index (χ3v) is 4.25. The summed E-state index contributed by atoms with van der Waals surface area (Å²) < 4.78 is 10.2. The molecule has 0 bridgehead atoms. The van der Waals surface area contributed by atoms with Gasteiger partial charge in [-0.3, -0.25) is 9.59 Å². The van der Waals surface area contributed by atoms with E-state index in [4.69, 9.17) is 14.3 Å². The van der Waals surface area contributed by atoms with Crippen molar-refractivity contribution >= 4 is 23.7 Å². The average molecular weight is 383 g/mol. The van der Waals surface area contributed by atoms with Gasteiger partial charge in [0.1, 0.15) is 11.3 Å². The standard InChI is InChI=1S/C18H29N3O6/c1-5-25-16(23)12-6-8-21(9-7-12)15(22)14-10-13(27-20-14)11-19-17(24)26-18(2,3)4/h12-13H,5-11H2,1-4H3,(H,19,24)/t13-/m0/s1. The number of alkyl carbamates (subject to hydrolysis) is 1. The summed E-state index contributed by atoms with van der Waals surface area (Å²) in [4.78, 5) is 42.9. The fourth-order valence-corrected chi connectivity index (χ4v) is 2.94. The molecule has 27 heavy (non-hydrogen) atoms. The SMILES string of the molecule is CCOC(=O)C1CCN(C(=O)C2=NO[C@H](CNC(=O)OC(C)(C)C)C2)CC1. The summed E-state index contributed by atoms with van der Waals surface area (Å²) in [5, 5.41) is 6.48. The molecular formula is C18H29N3O6. The second-order valence-electron chi connectivity index (χ2n) is 7.67. The average Bonchev–Trinajstić information content (AvgIpc) is 3.07. The molecular weight excluding hydrogens is 354 g/mol. The minimum Gasteiger partial charge on any atom is -0.466 e. The number of carbonyl (C=O) groups excluding carboxylic acids is 3. The zero-order valence-corrected chi connectivity index (χ0v) is 16.4. The Labute approximate surface area is 159 Å². The topological polar surface area (TPSA) is 107 Å². The van der Waals surface area contributed by atoms with Gasteiger partial charge in [0.2, 0.25) is 0 Å². The van der Waals surface area contributed by atoms with Crippen LogP contribution in [-0.2, 0) is 23.9 Å². The Morgan fingerprint density at radius 2 is 1.93 bits per heavy atom. The van der Waals surface area contributed by atoms with E-state index >= 15 is 0 Å². The molecule has 0 radical (unpaired) electrons. The lowest BCUT2D eigenvalue weighted by Crippen LogP contribution is -2.44. The van der Waals surface area contributed by atoms with Gasteiger partial charge < -0.3 is 24.5 Å². The lowest BCUT2D eigenvalue weighted by molar-refractivity contribution is -0.150. The Hall–Kier alpha value is -2.32. The molecule has 0 aromatic rings. The van der Waals surface area contributed by atoms with Crippen LogP contribution in [0.15, 0.2) is 5.16 Å². The van der Waals surface area contributed by atoms with Gasteiger partial charge in [-0.1, -0.05) is 5.16 Å². The third kappa shape index (κ3) is 6.41. The normalized spacial score (nSPS) is 20.5. The van der Waals surface area contributed by atoms with Crippen LogP contribution in [0, 0.1) is 5.92 Å². The smallest absolute Gasteiger partial charge is 0.407 e. The number of esters is 1. The molecule has 2 aliphatic heterocycles. The maximum absolute atomic E-state index is 12.6. The van der Waals surface area contributed by atoms with Crippen LogP contribution in [0.4, 0.5) is 4.79 Å². The van der Waals surface area contributed by atoms with Gasteiger partial charge in [0, 0.05) is 19.5 Å². The first kappa shape index (κ1) is 21.0. The number of ether oxygens (including phenoxy) is 2. The highest BCUT2D eigenvalue weighted by atomic mass is 16.6. The summed E-state index contributed by atoms with van der Waals surface area (Å²) in [5.41, 5.74) is -0.242. The van der Waals surface area contributed by atoms with E-state index in [-0.39, 0.29) is 24.3 Å². The van der Waals surface area contributed by atoms with E-state index in [1.54, 1.807) is 32.6 Å². The summed E-state index contributed by atoms with van der Waals surface area (Å²) in [6.45, 7) is 8.68. The van der Waals surface area contributed by atoms with E-state index in [0.717, 1.165) is 0 Å². The van der Waals surface area contributed by atoms with Gasteiger partial charge in [0.05, 0.1) is 19.1 Å². The molecule has 152 valence electrons. The van der Waals surface area contributed by atoms with Gasteiger partial charge in [-0.05, 0) is 40.5 Å². The first-order valence-corrected chi connectivity index (χ1v) is 9.35. The van der Waals surface area contributed by atoms with E-state index in [1.165, 1.54) is 0 Å². The van der Waals surface area contributed by atoms with Gasteiger partial charge in [-0.15, -0.1) is 0 Å². The Balaban J connectivity index is 1.73. The van der Waals surface area contributed by atoms with Crippen LogP contribution in [0.3, 0.4) is 0 Å². The highest BCUT2D eigenvalue weighted by Gasteiger charge is 2.33. The molecule has 0 spiro atoms. The zero-order chi connectivity index (χ0) is 20.0. The number of likely N-dealkylation sites (tertiary alicyclic amines) is 1. The number of amides is 2. The first-order chi connectivity index (χ1) is 12.7. The molecule has 1 N–H and O–H groups in total. The molecule has 0 aliphatic carbocycles. The number of hydrogen-bond acceptors (Lipinski definition) is 7. The van der Waals surface area contributed by atoms with Crippen molar-refractivity contribution in [3.63, 3.8) is 0 Å². The summed E-state index contributed by atoms with van der Waals surface area (Å²) in [6.07, 6.45) is 0.567. The summed E-state index contributed by atoms with van der Waals surface area (Å²) >= 11 is 0. The van der Waals surface area contributed by atoms with Crippen LogP contribution < -0.4 is 5.32 Å². The van der Waals surface area contributed by atoms with Crippen molar-refractivity contribution in [1.29, 1.82) is 0 Å². The Kier molecular flexibility index (Phi) is 7.04. The molecule has 2 aliphatic rings. The molecule has 0 aromatic heterocycles. The maximum atomic E-state index is 12.6. The molecule has 2 heterocycles. The number of hydrogen-bond donors (Lipinski definition) is 1. The van der Waals surface area contributed by atoms with Crippen LogP contribution in [0.1, 0.15) is 47.0 Å². The van der Waals surface area contributed by atoms with Gasteiger partial charge in [0.15, 0.2) is 6.10 Å². The van der Waals surface area contributed by atoms with Crippen molar-refractivity contribution < 1.29 is 28.7 Å². The molecule has 2 amide bonds. The molecule has 9 nitrogen and oxygen atoms in total. The Morgan fingerprint density at radius 1 is 1.26 bits per heavy atom. The highest BCUT2D eigenvalue weighted by molar-refractivity contribution is 6.39. The van der Waals surface area contributed by atoms with Gasteiger partial charge >= 0.3 is 12.1 Å². The molecule has 0 aromatic carbocycles. The van der Waals surface area contributed by atoms with Crippen molar-refractivity contribution in [3.8, 4) is 0 Å². The largest absolute Gasteiger partial charge is 0.466 e. The van der Waals surface area contributed by atoms with Crippen molar-refractivity contribution in [2.24, 2.45) is 11.1 Å². The van der Waals surface area contributed by atoms with Gasteiger partial charge in [-0.2, -0.15) is 0 Å². The molecule has 1 atom stereocenters. The Bertz CT molecular complexity index is 590. The number of nitrogens with zero attached hydrogens (tertiary/aromatic N) is 2. The second-order valence-corrected chi connectivity index (χ2v) is 7.67. The fraction of sp³-hybridized carbons (Fsp3) is 0.778. The molecule has 2 rings (SSSR count). The molecule has 0 saturated carbocycles. The van der Waals surface area contributed by atoms with Crippen molar-refractivity contribution in [2.75, 3.05) is 26.2 Å². The number of rotatable bonds is 5. The molecule has 1 saturated heterocycles. The van der Waals surface area contributed by atoms with E-state index in [2.05, 4.69) is 10.5 Å². The summed E-state index contributed by atoms with van der Waals surface area (Å²) in [6, 6.07) is 0. The van der Waals surface area contributed by atoms with Crippen molar-refractivity contribution in [2.45, 2.75) is 58.7 Å². The number of piperidine rings is 1. The lowest BCUT2D eigenvalue weighted by atomic mass is 9.96. The minimum absolute atomic E-state index is 0.151. The van der Waals surface area contributed by atoms with Crippen molar-refractivity contribution in [1.82, 2.24) is 10.2 Å². The van der Waals surface area contributed by atoms with Crippen molar-refractivity contribution in [3.05, 3.63) is 0 Å². The maximum Gasteiger partial charge on any atom is 0.407 e. The highest BCUT2D eigenvalue weighted by Crippen LogP contribution is 2.21. The minimum atomic E-state index is -0.575. The lowest BCUT2D eigenvalue weighted by Gasteiger charge is -2.30. The summed E-state index contributed by atoms with van der Waals surface area (Å²) in [7, 11) is 0. The number of carbonyl (C=O) groups is 3. The Morgan fingerprint density at radius 3 is 2.52 bits per heavy atom. The molecule has 1 fully saturated rings. The van der Waals surface area contributed by atoms with Crippen LogP contribution in [0.5, 0.6) is 0 Å². The van der Waals surface area contributed by atoms with Gasteiger partial charge in [0.25, 0.3) is 5.91 Å². The third-order valence-electron chi connectivity index (χ3n) is 4.25. The van der Waals surface area contributed by atoms with Gasteiger partial charge in [-0.25, -0.2) is 4.79 Å². The summed E-state index contributed by atoms with van der Waals surface area (Å²) in [5.74, 6) is -0.530. The fourth-order valence-electron chi connectivity index (χ4n) is 2.94. The van der Waals surface area contributed by atoms with E-state index in [0.29, 0.717) is 44.7 Å². The molecule has 9 heteroatoms. The quantitative estimate of drug-likeness (QED) is 0.721. The van der Waals surface area contributed by atoms with E-state index in [1.807, 2.05) is 0 Å². The van der Waals surface area contributed by atoms with E-state index < -0.39 is 17.8 Å². The number of nitrogens with one attached hydrogen (secondary N) is 1. The predicted molar refractivity (Wildman–Crippen MR) is 97.1 cm³/mol. The van der Waals surface area contributed by atoms with Crippen LogP contribution in [0.25, 0.3) is 0 Å². The molecule has 0 unspecified atom stereocenters. The van der Waals surface area contributed by atoms with E-state index in [9.17, 15) is 14.4 Å². The number of oxime groups is 1.